The standard InChI is InChI=1S/C11H23NO.C2H6/c1-10(2)4-7-12-8-5-11(3,13)6-9-12;1-2/h10,13H,4-9H2,1-3H3;1-2H3. The Balaban J connectivity index is 0.000000921. The van der Waals surface area contributed by atoms with Crippen LogP contribution < -0.4 is 0 Å². The van der Waals surface area contributed by atoms with E-state index in [2.05, 4.69) is 18.7 Å². The Hall–Kier alpha value is -0.0800. The molecule has 1 fully saturated rings. The molecule has 0 aromatic heterocycles. The van der Waals surface area contributed by atoms with E-state index in [1.807, 2.05) is 20.8 Å². The van der Waals surface area contributed by atoms with Crippen molar-refractivity contribution in [2.75, 3.05) is 19.6 Å². The van der Waals surface area contributed by atoms with E-state index in [1.54, 1.807) is 0 Å². The van der Waals surface area contributed by atoms with Crippen LogP contribution in [-0.2, 0) is 0 Å². The minimum atomic E-state index is -0.395. The van der Waals surface area contributed by atoms with Gasteiger partial charge in [0.05, 0.1) is 5.60 Å². The molecule has 0 radical (unpaired) electrons. The van der Waals surface area contributed by atoms with Crippen molar-refractivity contribution in [2.24, 2.45) is 5.92 Å². The van der Waals surface area contributed by atoms with Gasteiger partial charge in [-0.3, -0.25) is 0 Å². The lowest BCUT2D eigenvalue weighted by molar-refractivity contribution is -0.00604. The predicted molar refractivity (Wildman–Crippen MR) is 67.1 cm³/mol. The van der Waals surface area contributed by atoms with Crippen LogP contribution in [-0.4, -0.2) is 35.2 Å². The van der Waals surface area contributed by atoms with E-state index >= 15 is 0 Å². The highest BCUT2D eigenvalue weighted by atomic mass is 16.3. The van der Waals surface area contributed by atoms with Crippen LogP contribution in [0.4, 0.5) is 0 Å². The number of hydrogen-bond donors (Lipinski definition) is 1. The van der Waals surface area contributed by atoms with Crippen molar-refractivity contribution < 1.29 is 5.11 Å². The molecule has 0 atom stereocenters. The monoisotopic (exact) mass is 215 g/mol. The quantitative estimate of drug-likeness (QED) is 0.782. The second-order valence-corrected chi connectivity index (χ2v) is 5.02. The Kier molecular flexibility index (Phi) is 7.20. The topological polar surface area (TPSA) is 23.5 Å². The van der Waals surface area contributed by atoms with Crippen LogP contribution in [0.25, 0.3) is 0 Å². The van der Waals surface area contributed by atoms with Crippen LogP contribution in [0.15, 0.2) is 0 Å². The third-order valence-electron chi connectivity index (χ3n) is 2.96. The van der Waals surface area contributed by atoms with E-state index in [9.17, 15) is 5.11 Å². The molecule has 1 aliphatic rings. The van der Waals surface area contributed by atoms with Gasteiger partial charge in [-0.2, -0.15) is 0 Å². The fraction of sp³-hybridized carbons (Fsp3) is 1.00. The fourth-order valence-electron chi connectivity index (χ4n) is 1.70. The molecule has 0 aliphatic carbocycles. The average Bonchev–Trinajstić information content (AvgIpc) is 2.19. The van der Waals surface area contributed by atoms with Gasteiger partial charge in [-0.25, -0.2) is 0 Å². The number of nitrogens with zero attached hydrogens (tertiary/aromatic N) is 1. The van der Waals surface area contributed by atoms with Crippen molar-refractivity contribution in [3.8, 4) is 0 Å². The largest absolute Gasteiger partial charge is 0.390 e. The Bertz CT molecular complexity index is 142. The molecular weight excluding hydrogens is 186 g/mol. The zero-order valence-corrected chi connectivity index (χ0v) is 11.2. The highest BCUT2D eigenvalue weighted by Gasteiger charge is 2.26. The maximum Gasteiger partial charge on any atom is 0.0644 e. The first-order chi connectivity index (χ1) is 6.99. The first kappa shape index (κ1) is 14.9. The summed E-state index contributed by atoms with van der Waals surface area (Å²) in [7, 11) is 0. The van der Waals surface area contributed by atoms with E-state index in [4.69, 9.17) is 0 Å². The number of rotatable bonds is 3. The van der Waals surface area contributed by atoms with Crippen molar-refractivity contribution >= 4 is 0 Å². The molecule has 0 aromatic rings. The highest BCUT2D eigenvalue weighted by molar-refractivity contribution is 4.81. The SMILES string of the molecule is CC.CC(C)CCN1CCC(C)(O)CC1. The zero-order chi connectivity index (χ0) is 11.9. The van der Waals surface area contributed by atoms with E-state index in [0.717, 1.165) is 31.8 Å². The Labute approximate surface area is 95.7 Å². The normalized spacial score (nSPS) is 21.0. The van der Waals surface area contributed by atoms with E-state index in [0.29, 0.717) is 0 Å². The van der Waals surface area contributed by atoms with E-state index in [1.165, 1.54) is 13.0 Å². The van der Waals surface area contributed by atoms with Crippen LogP contribution in [0.1, 0.15) is 53.9 Å². The van der Waals surface area contributed by atoms with Crippen LogP contribution in [0.3, 0.4) is 0 Å². The second kappa shape index (κ2) is 7.24. The van der Waals surface area contributed by atoms with Crippen LogP contribution in [0.5, 0.6) is 0 Å². The lowest BCUT2D eigenvalue weighted by atomic mass is 9.93. The van der Waals surface area contributed by atoms with Gasteiger partial charge in [0.2, 0.25) is 0 Å². The molecule has 2 heteroatoms. The van der Waals surface area contributed by atoms with Crippen molar-refractivity contribution in [1.82, 2.24) is 4.90 Å². The van der Waals surface area contributed by atoms with E-state index in [-0.39, 0.29) is 0 Å². The summed E-state index contributed by atoms with van der Waals surface area (Å²) in [6.45, 7) is 13.8. The highest BCUT2D eigenvalue weighted by Crippen LogP contribution is 2.21. The molecule has 0 bridgehead atoms. The summed E-state index contributed by atoms with van der Waals surface area (Å²) in [6.07, 6.45) is 3.15. The van der Waals surface area contributed by atoms with Gasteiger partial charge in [0.15, 0.2) is 0 Å². The van der Waals surface area contributed by atoms with Gasteiger partial charge in [0.1, 0.15) is 0 Å². The van der Waals surface area contributed by atoms with Crippen molar-refractivity contribution in [3.63, 3.8) is 0 Å². The number of likely N-dealkylation sites (tertiary alicyclic amines) is 1. The van der Waals surface area contributed by atoms with E-state index < -0.39 is 5.60 Å². The number of piperidine rings is 1. The number of aliphatic hydroxyl groups is 1. The van der Waals surface area contributed by atoms with Crippen molar-refractivity contribution in [1.29, 1.82) is 0 Å². The van der Waals surface area contributed by atoms with Gasteiger partial charge in [-0.05, 0) is 38.6 Å². The summed E-state index contributed by atoms with van der Waals surface area (Å²) in [5.41, 5.74) is -0.395. The maximum atomic E-state index is 9.74. The molecule has 2 nitrogen and oxygen atoms in total. The summed E-state index contributed by atoms with van der Waals surface area (Å²) in [5.74, 6) is 0.794. The molecule has 1 aliphatic heterocycles. The van der Waals surface area contributed by atoms with Gasteiger partial charge < -0.3 is 10.0 Å². The summed E-state index contributed by atoms with van der Waals surface area (Å²) in [4.78, 5) is 2.47. The molecule has 1 N–H and O–H groups in total. The molecule has 0 amide bonds. The Morgan fingerprint density at radius 3 is 2.07 bits per heavy atom. The first-order valence-corrected chi connectivity index (χ1v) is 6.44. The Morgan fingerprint density at radius 2 is 1.67 bits per heavy atom. The summed E-state index contributed by atoms with van der Waals surface area (Å²) >= 11 is 0. The molecular formula is C13H29NO. The lowest BCUT2D eigenvalue weighted by Gasteiger charge is -2.36. The molecule has 0 unspecified atom stereocenters. The van der Waals surface area contributed by atoms with Crippen LogP contribution in [0.2, 0.25) is 0 Å². The van der Waals surface area contributed by atoms with Crippen LogP contribution >= 0.6 is 0 Å². The third-order valence-corrected chi connectivity index (χ3v) is 2.96. The third kappa shape index (κ3) is 6.91. The fourth-order valence-corrected chi connectivity index (χ4v) is 1.70. The summed E-state index contributed by atoms with van der Waals surface area (Å²) in [6, 6.07) is 0. The van der Waals surface area contributed by atoms with Gasteiger partial charge in [-0.1, -0.05) is 27.7 Å². The molecule has 0 saturated carbocycles. The molecule has 1 saturated heterocycles. The van der Waals surface area contributed by atoms with Crippen molar-refractivity contribution in [3.05, 3.63) is 0 Å². The Morgan fingerprint density at radius 1 is 1.20 bits per heavy atom. The maximum absolute atomic E-state index is 9.74. The molecule has 15 heavy (non-hydrogen) atoms. The second-order valence-electron chi connectivity index (χ2n) is 5.02. The van der Waals surface area contributed by atoms with Gasteiger partial charge >= 0.3 is 0 Å². The van der Waals surface area contributed by atoms with Crippen molar-refractivity contribution in [2.45, 2.75) is 59.5 Å². The van der Waals surface area contributed by atoms with Gasteiger partial charge in [0.25, 0.3) is 0 Å². The molecule has 92 valence electrons. The minimum Gasteiger partial charge on any atom is -0.390 e. The predicted octanol–water partition coefficient (Wildman–Crippen LogP) is 2.91. The molecule has 0 spiro atoms. The number of hydrogen-bond acceptors (Lipinski definition) is 2. The smallest absolute Gasteiger partial charge is 0.0644 e. The molecule has 0 aromatic carbocycles. The zero-order valence-electron chi connectivity index (χ0n) is 11.2. The first-order valence-electron chi connectivity index (χ1n) is 6.44. The van der Waals surface area contributed by atoms with Gasteiger partial charge in [0, 0.05) is 13.1 Å². The lowest BCUT2D eigenvalue weighted by Crippen LogP contribution is -2.42. The molecule has 1 heterocycles. The molecule has 1 rings (SSSR count). The average molecular weight is 215 g/mol. The minimum absolute atomic E-state index is 0.395. The van der Waals surface area contributed by atoms with Gasteiger partial charge in [-0.15, -0.1) is 0 Å². The summed E-state index contributed by atoms with van der Waals surface area (Å²) in [5, 5.41) is 9.74. The van der Waals surface area contributed by atoms with Crippen LogP contribution in [0, 0.1) is 5.92 Å². The summed E-state index contributed by atoms with van der Waals surface area (Å²) < 4.78 is 0.